The first-order valence-electron chi connectivity index (χ1n) is 11.2. The third kappa shape index (κ3) is 5.16. The van der Waals surface area contributed by atoms with E-state index in [4.69, 9.17) is 10.5 Å². The summed E-state index contributed by atoms with van der Waals surface area (Å²) in [5.74, 6) is -0.226. The van der Waals surface area contributed by atoms with Crippen LogP contribution in [0.4, 0.5) is 5.69 Å². The van der Waals surface area contributed by atoms with E-state index in [1.165, 1.54) is 0 Å². The zero-order valence-electron chi connectivity index (χ0n) is 18.4. The molecule has 2 aromatic carbocycles. The largest absolute Gasteiger partial charge is 0.481 e. The molecule has 3 N–H and O–H groups in total. The summed E-state index contributed by atoms with van der Waals surface area (Å²) in [5, 5.41) is 20.4. The number of benzene rings is 2. The second-order valence-corrected chi connectivity index (χ2v) is 8.86. The molecular weight excluding hydrogens is 404 g/mol. The van der Waals surface area contributed by atoms with Gasteiger partial charge < -0.3 is 20.2 Å². The van der Waals surface area contributed by atoms with Crippen molar-refractivity contribution in [1.29, 1.82) is 5.41 Å². The molecule has 1 amide bonds. The molecule has 32 heavy (non-hydrogen) atoms. The van der Waals surface area contributed by atoms with E-state index in [1.54, 1.807) is 0 Å². The fourth-order valence-electron chi connectivity index (χ4n) is 4.52. The van der Waals surface area contributed by atoms with Gasteiger partial charge in [-0.3, -0.25) is 15.0 Å². The summed E-state index contributed by atoms with van der Waals surface area (Å²) < 4.78 is 0. The van der Waals surface area contributed by atoms with Crippen molar-refractivity contribution < 1.29 is 14.7 Å². The molecule has 1 unspecified atom stereocenters. The van der Waals surface area contributed by atoms with Crippen LogP contribution in [-0.2, 0) is 17.6 Å². The van der Waals surface area contributed by atoms with E-state index in [-0.39, 0.29) is 18.2 Å². The number of carbonyl (C=O) groups excluding carboxylic acids is 1. The molecule has 1 fully saturated rings. The molecule has 0 saturated carbocycles. The highest BCUT2D eigenvalue weighted by Crippen LogP contribution is 2.28. The minimum atomic E-state index is -0.751. The summed E-state index contributed by atoms with van der Waals surface area (Å²) in [6, 6.07) is 13.1. The zero-order chi connectivity index (χ0) is 22.7. The number of nitrogens with zero attached hydrogens (tertiary/aromatic N) is 2. The third-order valence-corrected chi connectivity index (χ3v) is 6.50. The van der Waals surface area contributed by atoms with Gasteiger partial charge in [0.25, 0.3) is 5.91 Å². The summed E-state index contributed by atoms with van der Waals surface area (Å²) in [7, 11) is 2.09. The van der Waals surface area contributed by atoms with Gasteiger partial charge in [-0.15, -0.1) is 0 Å². The van der Waals surface area contributed by atoms with Crippen molar-refractivity contribution in [3.63, 3.8) is 0 Å². The molecule has 0 aromatic heterocycles. The van der Waals surface area contributed by atoms with Gasteiger partial charge in [0, 0.05) is 49.4 Å². The number of nitrogens with one attached hydrogen (secondary N) is 2. The number of carboxylic acid groups (broad SMARTS) is 1. The fraction of sp³-hybridized carbons (Fsp3) is 0.400. The van der Waals surface area contributed by atoms with E-state index in [9.17, 15) is 9.59 Å². The van der Waals surface area contributed by atoms with E-state index in [1.807, 2.05) is 42.5 Å². The summed E-state index contributed by atoms with van der Waals surface area (Å²) >= 11 is 0. The molecule has 168 valence electrons. The fourth-order valence-corrected chi connectivity index (χ4v) is 4.52. The van der Waals surface area contributed by atoms with Crippen molar-refractivity contribution in [3.8, 4) is 0 Å². The Kier molecular flexibility index (Phi) is 6.55. The van der Waals surface area contributed by atoms with Crippen LogP contribution in [0.25, 0.3) is 0 Å². The normalized spacial score (nSPS) is 18.7. The minimum Gasteiger partial charge on any atom is -0.481 e. The molecule has 1 aliphatic carbocycles. The number of hydrogen-bond donors (Lipinski definition) is 3. The lowest BCUT2D eigenvalue weighted by atomic mass is 9.81. The smallest absolute Gasteiger partial charge is 0.303 e. The molecule has 2 aromatic rings. The topological polar surface area (TPSA) is 96.7 Å². The van der Waals surface area contributed by atoms with Crippen LogP contribution in [-0.4, -0.2) is 65.8 Å². The Labute approximate surface area is 188 Å². The van der Waals surface area contributed by atoms with Gasteiger partial charge in [0.1, 0.15) is 5.84 Å². The monoisotopic (exact) mass is 434 g/mol. The number of rotatable bonds is 5. The maximum atomic E-state index is 12.8. The van der Waals surface area contributed by atoms with Gasteiger partial charge in [-0.05, 0) is 79.8 Å². The van der Waals surface area contributed by atoms with Crippen LogP contribution in [0.3, 0.4) is 0 Å². The average molecular weight is 435 g/mol. The van der Waals surface area contributed by atoms with Gasteiger partial charge in [0.15, 0.2) is 0 Å². The Morgan fingerprint density at radius 3 is 2.41 bits per heavy atom. The molecule has 1 aliphatic heterocycles. The first-order chi connectivity index (χ1) is 15.4. The minimum absolute atomic E-state index is 0.164. The number of amides is 1. The van der Waals surface area contributed by atoms with E-state index >= 15 is 0 Å². The van der Waals surface area contributed by atoms with Gasteiger partial charge in [0.05, 0.1) is 0 Å². The predicted molar refractivity (Wildman–Crippen MR) is 125 cm³/mol. The van der Waals surface area contributed by atoms with Crippen molar-refractivity contribution in [2.75, 3.05) is 38.5 Å². The maximum absolute atomic E-state index is 12.8. The summed E-state index contributed by atoms with van der Waals surface area (Å²) in [5.41, 5.74) is 4.43. The zero-order valence-corrected chi connectivity index (χ0v) is 18.4. The Morgan fingerprint density at radius 2 is 1.72 bits per heavy atom. The molecular formula is C25H30N4O3. The van der Waals surface area contributed by atoms with Crippen LogP contribution in [0, 0.1) is 11.3 Å². The number of hydrogen-bond acceptors (Lipinski definition) is 4. The summed E-state index contributed by atoms with van der Waals surface area (Å²) in [6.07, 6.45) is 2.59. The number of aliphatic carboxylic acids is 1. The van der Waals surface area contributed by atoms with Crippen LogP contribution in [0.5, 0.6) is 0 Å². The van der Waals surface area contributed by atoms with E-state index in [2.05, 4.69) is 22.2 Å². The number of piperazine rings is 1. The predicted octanol–water partition coefficient (Wildman–Crippen LogP) is 3.09. The second-order valence-electron chi connectivity index (χ2n) is 8.86. The number of amidine groups is 1. The third-order valence-electron chi connectivity index (χ3n) is 6.50. The lowest BCUT2D eigenvalue weighted by Crippen LogP contribution is -2.47. The molecule has 0 spiro atoms. The van der Waals surface area contributed by atoms with Gasteiger partial charge >= 0.3 is 5.97 Å². The van der Waals surface area contributed by atoms with Crippen molar-refractivity contribution in [1.82, 2.24) is 9.80 Å². The molecule has 1 saturated heterocycles. The standard InChI is InChI=1S/C25H30N4O3/c1-28-10-12-29(13-11-28)24(26)18-6-8-22(9-7-18)27-25(32)21-5-4-19-14-17(15-23(30)31)2-3-20(19)16-21/h4-9,16-17,26H,2-3,10-15H2,1H3,(H,27,32)(H,30,31). The van der Waals surface area contributed by atoms with Gasteiger partial charge in [-0.1, -0.05) is 6.07 Å². The maximum Gasteiger partial charge on any atom is 0.303 e. The molecule has 2 aliphatic rings. The number of carboxylic acids is 1. The molecule has 0 bridgehead atoms. The van der Waals surface area contributed by atoms with Crippen LogP contribution in [0.15, 0.2) is 42.5 Å². The number of likely N-dealkylation sites (N-methyl/N-ethyl adjacent to an activating group) is 1. The van der Waals surface area contributed by atoms with Gasteiger partial charge in [0.2, 0.25) is 0 Å². The molecule has 7 nitrogen and oxygen atoms in total. The number of aryl methyl sites for hydroxylation is 1. The van der Waals surface area contributed by atoms with Crippen LogP contribution in [0.1, 0.15) is 39.9 Å². The highest BCUT2D eigenvalue weighted by molar-refractivity contribution is 6.05. The van der Waals surface area contributed by atoms with Gasteiger partial charge in [-0.2, -0.15) is 0 Å². The van der Waals surface area contributed by atoms with Crippen molar-refractivity contribution in [2.24, 2.45) is 5.92 Å². The summed E-state index contributed by atoms with van der Waals surface area (Å²) in [6.45, 7) is 3.61. The second kappa shape index (κ2) is 9.53. The highest BCUT2D eigenvalue weighted by atomic mass is 16.4. The lowest BCUT2D eigenvalue weighted by Gasteiger charge is -2.34. The Hall–Kier alpha value is -3.19. The Balaban J connectivity index is 1.37. The van der Waals surface area contributed by atoms with E-state index in [0.29, 0.717) is 17.1 Å². The molecule has 0 radical (unpaired) electrons. The highest BCUT2D eigenvalue weighted by Gasteiger charge is 2.22. The SMILES string of the molecule is CN1CCN(C(=N)c2ccc(NC(=O)c3ccc4c(c3)CCC(CC(=O)O)C4)cc2)CC1. The lowest BCUT2D eigenvalue weighted by molar-refractivity contribution is -0.138. The number of anilines is 1. The Morgan fingerprint density at radius 1 is 1.03 bits per heavy atom. The number of carbonyl (C=O) groups is 2. The number of fused-ring (bicyclic) bond motifs is 1. The molecule has 1 heterocycles. The quantitative estimate of drug-likeness (QED) is 0.496. The van der Waals surface area contributed by atoms with Crippen molar-refractivity contribution in [2.45, 2.75) is 25.7 Å². The average Bonchev–Trinajstić information content (AvgIpc) is 2.79. The van der Waals surface area contributed by atoms with E-state index < -0.39 is 5.97 Å². The first kappa shape index (κ1) is 22.0. The van der Waals surface area contributed by atoms with E-state index in [0.717, 1.165) is 62.1 Å². The molecule has 1 atom stereocenters. The molecule has 7 heteroatoms. The molecule has 4 rings (SSSR count). The van der Waals surface area contributed by atoms with Crippen LogP contribution < -0.4 is 5.32 Å². The van der Waals surface area contributed by atoms with Crippen LogP contribution >= 0.6 is 0 Å². The Bertz CT molecular complexity index is 1010. The first-order valence-corrected chi connectivity index (χ1v) is 11.2. The van der Waals surface area contributed by atoms with Crippen LogP contribution in [0.2, 0.25) is 0 Å². The van der Waals surface area contributed by atoms with Crippen molar-refractivity contribution in [3.05, 3.63) is 64.7 Å². The van der Waals surface area contributed by atoms with Gasteiger partial charge in [-0.25, -0.2) is 0 Å². The van der Waals surface area contributed by atoms with Crippen molar-refractivity contribution >= 4 is 23.4 Å². The summed E-state index contributed by atoms with van der Waals surface area (Å²) in [4.78, 5) is 28.1.